The molecule has 0 fully saturated rings. The Bertz CT molecular complexity index is 448. The molecule has 0 unspecified atom stereocenters. The standard InChI is InChI=1S/C10H7F2NOS/c11-10(12)9-6-7(13-14-9)3-4-8-2-1-5-15-8/h1-6,10H/b4-3+. The van der Waals surface area contributed by atoms with Gasteiger partial charge >= 0.3 is 0 Å². The average molecular weight is 227 g/mol. The lowest BCUT2D eigenvalue weighted by atomic mass is 10.3. The Morgan fingerprint density at radius 3 is 2.87 bits per heavy atom. The van der Waals surface area contributed by atoms with Crippen molar-refractivity contribution in [3.8, 4) is 0 Å². The summed E-state index contributed by atoms with van der Waals surface area (Å²) < 4.78 is 28.7. The maximum absolute atomic E-state index is 12.1. The summed E-state index contributed by atoms with van der Waals surface area (Å²) in [4.78, 5) is 1.04. The Labute approximate surface area is 88.8 Å². The van der Waals surface area contributed by atoms with Crippen molar-refractivity contribution in [2.75, 3.05) is 0 Å². The van der Waals surface area contributed by atoms with E-state index in [1.807, 2.05) is 17.5 Å². The SMILES string of the molecule is FC(F)c1cc(/C=C/c2cccs2)no1. The van der Waals surface area contributed by atoms with E-state index in [2.05, 4.69) is 9.68 Å². The summed E-state index contributed by atoms with van der Waals surface area (Å²) >= 11 is 1.56. The minimum absolute atomic E-state index is 0.402. The number of hydrogen-bond donors (Lipinski definition) is 0. The molecule has 2 aromatic heterocycles. The molecule has 5 heteroatoms. The summed E-state index contributed by atoms with van der Waals surface area (Å²) in [5, 5.41) is 5.44. The highest BCUT2D eigenvalue weighted by molar-refractivity contribution is 7.10. The van der Waals surface area contributed by atoms with Crippen LogP contribution in [0.5, 0.6) is 0 Å². The smallest absolute Gasteiger partial charge is 0.298 e. The number of alkyl halides is 2. The van der Waals surface area contributed by atoms with Gasteiger partial charge in [0.1, 0.15) is 5.69 Å². The fourth-order valence-electron chi connectivity index (χ4n) is 1.04. The Kier molecular flexibility index (Phi) is 2.91. The second-order valence-electron chi connectivity index (χ2n) is 2.80. The Balaban J connectivity index is 2.11. The number of rotatable bonds is 3. The number of hydrogen-bond acceptors (Lipinski definition) is 3. The summed E-state index contributed by atoms with van der Waals surface area (Å²) in [6, 6.07) is 5.07. The molecule has 0 aromatic carbocycles. The van der Waals surface area contributed by atoms with Crippen molar-refractivity contribution in [3.05, 3.63) is 39.9 Å². The first-order valence-corrected chi connectivity index (χ1v) is 5.10. The maximum atomic E-state index is 12.1. The van der Waals surface area contributed by atoms with Crippen LogP contribution in [0.1, 0.15) is 22.8 Å². The zero-order valence-corrected chi connectivity index (χ0v) is 8.38. The van der Waals surface area contributed by atoms with Gasteiger partial charge in [-0.3, -0.25) is 0 Å². The van der Waals surface area contributed by atoms with Gasteiger partial charge in [0.05, 0.1) is 0 Å². The van der Waals surface area contributed by atoms with Gasteiger partial charge in [0.25, 0.3) is 6.43 Å². The van der Waals surface area contributed by atoms with E-state index >= 15 is 0 Å². The molecule has 0 atom stereocenters. The van der Waals surface area contributed by atoms with Crippen LogP contribution in [0.4, 0.5) is 8.78 Å². The van der Waals surface area contributed by atoms with E-state index in [1.54, 1.807) is 23.5 Å². The molecule has 0 amide bonds. The molecule has 0 N–H and O–H groups in total. The van der Waals surface area contributed by atoms with Crippen LogP contribution in [-0.2, 0) is 0 Å². The number of nitrogens with zero attached hydrogens (tertiary/aromatic N) is 1. The fraction of sp³-hybridized carbons (Fsp3) is 0.100. The second-order valence-corrected chi connectivity index (χ2v) is 3.78. The van der Waals surface area contributed by atoms with E-state index in [0.717, 1.165) is 4.88 Å². The van der Waals surface area contributed by atoms with Gasteiger partial charge in [-0.25, -0.2) is 8.78 Å². The molecule has 0 saturated carbocycles. The monoisotopic (exact) mass is 227 g/mol. The van der Waals surface area contributed by atoms with Crippen molar-refractivity contribution in [1.29, 1.82) is 0 Å². The molecule has 2 nitrogen and oxygen atoms in total. The normalized spacial score (nSPS) is 11.7. The van der Waals surface area contributed by atoms with E-state index in [1.165, 1.54) is 6.07 Å². The van der Waals surface area contributed by atoms with Crippen LogP contribution < -0.4 is 0 Å². The molecule has 0 bridgehead atoms. The van der Waals surface area contributed by atoms with Crippen LogP contribution in [0, 0.1) is 0 Å². The van der Waals surface area contributed by atoms with Crippen LogP contribution in [0.25, 0.3) is 12.2 Å². The largest absolute Gasteiger partial charge is 0.355 e. The van der Waals surface area contributed by atoms with Gasteiger partial charge in [0, 0.05) is 10.9 Å². The molecular formula is C10H7F2NOS. The third kappa shape index (κ3) is 2.50. The molecule has 0 aliphatic rings. The highest BCUT2D eigenvalue weighted by Crippen LogP contribution is 2.20. The van der Waals surface area contributed by atoms with Crippen LogP contribution in [0.2, 0.25) is 0 Å². The van der Waals surface area contributed by atoms with Crippen molar-refractivity contribution in [3.63, 3.8) is 0 Å². The second kappa shape index (κ2) is 4.35. The molecule has 15 heavy (non-hydrogen) atoms. The Morgan fingerprint density at radius 2 is 2.27 bits per heavy atom. The lowest BCUT2D eigenvalue weighted by Crippen LogP contribution is -1.75. The van der Waals surface area contributed by atoms with Gasteiger partial charge in [-0.1, -0.05) is 11.2 Å². The van der Waals surface area contributed by atoms with Crippen LogP contribution in [-0.4, -0.2) is 5.16 Å². The summed E-state index contributed by atoms with van der Waals surface area (Å²) in [7, 11) is 0. The number of halogens is 2. The van der Waals surface area contributed by atoms with E-state index in [9.17, 15) is 8.78 Å². The summed E-state index contributed by atoms with van der Waals surface area (Å²) in [5.41, 5.74) is 0.402. The molecule has 2 rings (SSSR count). The molecule has 0 spiro atoms. The third-order valence-corrected chi connectivity index (χ3v) is 2.56. The van der Waals surface area contributed by atoms with Gasteiger partial charge in [-0.2, -0.15) is 0 Å². The summed E-state index contributed by atoms with van der Waals surface area (Å²) in [6.45, 7) is 0. The van der Waals surface area contributed by atoms with Crippen molar-refractivity contribution in [2.45, 2.75) is 6.43 Å². The Morgan fingerprint density at radius 1 is 1.40 bits per heavy atom. The topological polar surface area (TPSA) is 26.0 Å². The minimum atomic E-state index is -2.61. The first-order chi connectivity index (χ1) is 7.25. The highest BCUT2D eigenvalue weighted by Gasteiger charge is 2.12. The van der Waals surface area contributed by atoms with E-state index in [0.29, 0.717) is 5.69 Å². The predicted octanol–water partition coefficient (Wildman–Crippen LogP) is 3.84. The Hall–Kier alpha value is -1.49. The van der Waals surface area contributed by atoms with Gasteiger partial charge in [-0.15, -0.1) is 11.3 Å². The van der Waals surface area contributed by atoms with E-state index in [-0.39, 0.29) is 0 Å². The quantitative estimate of drug-likeness (QED) is 0.796. The van der Waals surface area contributed by atoms with Crippen LogP contribution in [0.3, 0.4) is 0 Å². The third-order valence-electron chi connectivity index (χ3n) is 1.72. The number of thiophene rings is 1. The van der Waals surface area contributed by atoms with Crippen LogP contribution in [0.15, 0.2) is 28.1 Å². The van der Waals surface area contributed by atoms with Gasteiger partial charge in [-0.05, 0) is 23.6 Å². The van der Waals surface area contributed by atoms with E-state index < -0.39 is 12.2 Å². The van der Waals surface area contributed by atoms with Crippen molar-refractivity contribution in [1.82, 2.24) is 5.16 Å². The van der Waals surface area contributed by atoms with Gasteiger partial charge in [0.15, 0.2) is 0 Å². The molecule has 2 aromatic rings. The predicted molar refractivity (Wildman–Crippen MR) is 54.7 cm³/mol. The molecular weight excluding hydrogens is 220 g/mol. The average Bonchev–Trinajstić information content (AvgIpc) is 2.86. The molecule has 78 valence electrons. The maximum Gasteiger partial charge on any atom is 0.298 e. The zero-order chi connectivity index (χ0) is 10.7. The van der Waals surface area contributed by atoms with Gasteiger partial charge < -0.3 is 4.52 Å². The summed E-state index contributed by atoms with van der Waals surface area (Å²) in [5.74, 6) is -0.402. The lowest BCUT2D eigenvalue weighted by Gasteiger charge is -1.85. The van der Waals surface area contributed by atoms with Gasteiger partial charge in [0.2, 0.25) is 5.76 Å². The minimum Gasteiger partial charge on any atom is -0.355 e. The first kappa shape index (κ1) is 10.0. The first-order valence-electron chi connectivity index (χ1n) is 4.22. The van der Waals surface area contributed by atoms with Crippen molar-refractivity contribution < 1.29 is 13.3 Å². The zero-order valence-electron chi connectivity index (χ0n) is 7.56. The van der Waals surface area contributed by atoms with Crippen molar-refractivity contribution in [2.24, 2.45) is 0 Å². The highest BCUT2D eigenvalue weighted by atomic mass is 32.1. The van der Waals surface area contributed by atoms with E-state index in [4.69, 9.17) is 0 Å². The number of aromatic nitrogens is 1. The molecule has 0 saturated heterocycles. The molecule has 0 radical (unpaired) electrons. The summed E-state index contributed by atoms with van der Waals surface area (Å²) in [6.07, 6.45) is 0.834. The molecule has 2 heterocycles. The fourth-order valence-corrected chi connectivity index (χ4v) is 1.66. The van der Waals surface area contributed by atoms with Crippen molar-refractivity contribution >= 4 is 23.5 Å². The van der Waals surface area contributed by atoms with Crippen LogP contribution >= 0.6 is 11.3 Å². The molecule has 0 aliphatic carbocycles. The molecule has 0 aliphatic heterocycles. The lowest BCUT2D eigenvalue weighted by molar-refractivity contribution is 0.112.